The van der Waals surface area contributed by atoms with Gasteiger partial charge in [0.05, 0.1) is 12.3 Å². The molecule has 6 nitrogen and oxygen atoms in total. The number of amides is 2. The molecular weight excluding hydrogens is 256 g/mol. The lowest BCUT2D eigenvalue weighted by Crippen LogP contribution is -2.40. The summed E-state index contributed by atoms with van der Waals surface area (Å²) in [7, 11) is 0. The van der Waals surface area contributed by atoms with Crippen molar-refractivity contribution in [1.29, 1.82) is 0 Å². The fourth-order valence-electron chi connectivity index (χ4n) is 2.63. The molecule has 0 saturated carbocycles. The lowest BCUT2D eigenvalue weighted by atomic mass is 9.93. The molecule has 0 aromatic carbocycles. The molecule has 1 aliphatic rings. The number of urea groups is 1. The molecule has 3 N–H and O–H groups in total. The Morgan fingerprint density at radius 2 is 2.35 bits per heavy atom. The van der Waals surface area contributed by atoms with Crippen LogP contribution in [-0.4, -0.2) is 35.5 Å². The van der Waals surface area contributed by atoms with Gasteiger partial charge in [-0.15, -0.1) is 0 Å². The number of carbonyl (C=O) groups is 1. The van der Waals surface area contributed by atoms with Crippen LogP contribution in [0.1, 0.15) is 31.5 Å². The van der Waals surface area contributed by atoms with Gasteiger partial charge in [0.15, 0.2) is 0 Å². The Balaban J connectivity index is 1.71. The van der Waals surface area contributed by atoms with E-state index in [0.717, 1.165) is 24.3 Å². The van der Waals surface area contributed by atoms with E-state index in [4.69, 9.17) is 4.74 Å². The summed E-state index contributed by atoms with van der Waals surface area (Å²) >= 11 is 0. The van der Waals surface area contributed by atoms with Gasteiger partial charge in [-0.3, -0.25) is 5.10 Å². The van der Waals surface area contributed by atoms with Crippen molar-refractivity contribution in [3.8, 4) is 0 Å². The zero-order valence-corrected chi connectivity index (χ0v) is 12.4. The van der Waals surface area contributed by atoms with E-state index in [1.807, 2.05) is 6.92 Å². The monoisotopic (exact) mass is 280 g/mol. The third-order valence-corrected chi connectivity index (χ3v) is 3.82. The molecule has 20 heavy (non-hydrogen) atoms. The third-order valence-electron chi connectivity index (χ3n) is 3.82. The van der Waals surface area contributed by atoms with Crippen molar-refractivity contribution < 1.29 is 9.53 Å². The van der Waals surface area contributed by atoms with Gasteiger partial charge >= 0.3 is 6.03 Å². The maximum atomic E-state index is 11.8. The molecule has 2 heterocycles. The maximum absolute atomic E-state index is 11.8. The van der Waals surface area contributed by atoms with E-state index in [1.54, 1.807) is 6.20 Å². The van der Waals surface area contributed by atoms with E-state index in [-0.39, 0.29) is 12.1 Å². The highest BCUT2D eigenvalue weighted by Crippen LogP contribution is 2.25. The van der Waals surface area contributed by atoms with Gasteiger partial charge in [-0.05, 0) is 19.3 Å². The first-order valence-electron chi connectivity index (χ1n) is 7.20. The number of nitrogens with zero attached hydrogens (tertiary/aromatic N) is 1. The normalized spacial score (nSPS) is 22.2. The van der Waals surface area contributed by atoms with Crippen molar-refractivity contribution in [3.63, 3.8) is 0 Å². The average Bonchev–Trinajstić information content (AvgIpc) is 3.02. The van der Waals surface area contributed by atoms with E-state index >= 15 is 0 Å². The fourth-order valence-corrected chi connectivity index (χ4v) is 2.63. The molecule has 0 bridgehead atoms. The molecular formula is C14H24N4O2. The number of aryl methyl sites for hydroxylation is 1. The van der Waals surface area contributed by atoms with E-state index in [9.17, 15) is 4.79 Å². The van der Waals surface area contributed by atoms with Crippen molar-refractivity contribution in [2.45, 2.75) is 39.8 Å². The van der Waals surface area contributed by atoms with Crippen LogP contribution in [-0.2, 0) is 11.3 Å². The predicted octanol–water partition coefficient (Wildman–Crippen LogP) is 1.58. The number of rotatable bonds is 5. The largest absolute Gasteiger partial charge is 0.378 e. The number of hydrogen-bond acceptors (Lipinski definition) is 3. The van der Waals surface area contributed by atoms with Crippen LogP contribution >= 0.6 is 0 Å². The highest BCUT2D eigenvalue weighted by molar-refractivity contribution is 5.73. The van der Waals surface area contributed by atoms with E-state index < -0.39 is 0 Å². The summed E-state index contributed by atoms with van der Waals surface area (Å²) in [6.45, 7) is 8.20. The second kappa shape index (κ2) is 6.74. The predicted molar refractivity (Wildman–Crippen MR) is 76.2 cm³/mol. The van der Waals surface area contributed by atoms with Crippen LogP contribution in [0, 0.1) is 18.8 Å². The van der Waals surface area contributed by atoms with E-state index in [0.29, 0.717) is 24.9 Å². The lowest BCUT2D eigenvalue weighted by molar-refractivity contribution is 0.0545. The van der Waals surface area contributed by atoms with Gasteiger partial charge in [-0.2, -0.15) is 5.10 Å². The van der Waals surface area contributed by atoms with Crippen LogP contribution in [0.2, 0.25) is 0 Å². The SMILES string of the molecule is Cc1[nH]ncc1CNC(=O)NC[C@H]1CCO[C@@H]1C(C)C. The van der Waals surface area contributed by atoms with Crippen molar-refractivity contribution in [2.75, 3.05) is 13.2 Å². The molecule has 2 atom stereocenters. The average molecular weight is 280 g/mol. The lowest BCUT2D eigenvalue weighted by Gasteiger charge is -2.22. The summed E-state index contributed by atoms with van der Waals surface area (Å²) in [5.41, 5.74) is 1.98. The number of carbonyl (C=O) groups excluding carboxylic acids is 1. The van der Waals surface area contributed by atoms with Gasteiger partial charge in [0, 0.05) is 36.9 Å². The summed E-state index contributed by atoms with van der Waals surface area (Å²) < 4.78 is 5.71. The first-order chi connectivity index (χ1) is 9.58. The summed E-state index contributed by atoms with van der Waals surface area (Å²) in [5, 5.41) is 12.5. The minimum Gasteiger partial charge on any atom is -0.378 e. The summed E-state index contributed by atoms with van der Waals surface area (Å²) in [6, 6.07) is -0.139. The Kier molecular flexibility index (Phi) is 5.00. The second-order valence-corrected chi connectivity index (χ2v) is 5.71. The van der Waals surface area contributed by atoms with Gasteiger partial charge in [-0.1, -0.05) is 13.8 Å². The van der Waals surface area contributed by atoms with Crippen molar-refractivity contribution in [1.82, 2.24) is 20.8 Å². The topological polar surface area (TPSA) is 79.0 Å². The van der Waals surface area contributed by atoms with Crippen LogP contribution < -0.4 is 10.6 Å². The molecule has 2 amide bonds. The van der Waals surface area contributed by atoms with Gasteiger partial charge < -0.3 is 15.4 Å². The molecule has 1 aromatic rings. The van der Waals surface area contributed by atoms with E-state index in [1.165, 1.54) is 0 Å². The van der Waals surface area contributed by atoms with Gasteiger partial charge in [0.25, 0.3) is 0 Å². The quantitative estimate of drug-likeness (QED) is 0.766. The number of ether oxygens (including phenoxy) is 1. The first-order valence-corrected chi connectivity index (χ1v) is 7.20. The second-order valence-electron chi connectivity index (χ2n) is 5.71. The Morgan fingerprint density at radius 1 is 1.55 bits per heavy atom. The molecule has 6 heteroatoms. The number of aromatic amines is 1. The summed E-state index contributed by atoms with van der Waals surface area (Å²) in [6.07, 6.45) is 3.01. The van der Waals surface area contributed by atoms with Gasteiger partial charge in [-0.25, -0.2) is 4.79 Å². The zero-order chi connectivity index (χ0) is 14.5. The Labute approximate surface area is 119 Å². The number of aromatic nitrogens is 2. The first kappa shape index (κ1) is 14.8. The fraction of sp³-hybridized carbons (Fsp3) is 0.714. The minimum absolute atomic E-state index is 0.139. The zero-order valence-electron chi connectivity index (χ0n) is 12.4. The van der Waals surface area contributed by atoms with Crippen LogP contribution in [0.5, 0.6) is 0 Å². The molecule has 1 aromatic heterocycles. The maximum Gasteiger partial charge on any atom is 0.315 e. The van der Waals surface area contributed by atoms with Crippen LogP contribution in [0.3, 0.4) is 0 Å². The molecule has 1 saturated heterocycles. The summed E-state index contributed by atoms with van der Waals surface area (Å²) in [4.78, 5) is 11.8. The Bertz CT molecular complexity index is 444. The molecule has 1 aliphatic heterocycles. The summed E-state index contributed by atoms with van der Waals surface area (Å²) in [5.74, 6) is 0.900. The van der Waals surface area contributed by atoms with Crippen LogP contribution in [0.25, 0.3) is 0 Å². The highest BCUT2D eigenvalue weighted by Gasteiger charge is 2.30. The highest BCUT2D eigenvalue weighted by atomic mass is 16.5. The molecule has 0 radical (unpaired) electrons. The number of nitrogens with one attached hydrogen (secondary N) is 3. The molecule has 2 rings (SSSR count). The Morgan fingerprint density at radius 3 is 3.00 bits per heavy atom. The Hall–Kier alpha value is -1.56. The molecule has 112 valence electrons. The van der Waals surface area contributed by atoms with Gasteiger partial charge in [0.1, 0.15) is 0 Å². The molecule has 1 fully saturated rings. The third kappa shape index (κ3) is 3.72. The number of hydrogen-bond donors (Lipinski definition) is 3. The minimum atomic E-state index is -0.139. The van der Waals surface area contributed by atoms with Crippen molar-refractivity contribution in [2.24, 2.45) is 11.8 Å². The molecule has 0 unspecified atom stereocenters. The molecule has 0 spiro atoms. The standard InChI is InChI=1S/C14H24N4O2/c1-9(2)13-11(4-5-20-13)6-15-14(19)16-7-12-8-17-18-10(12)3/h8-9,11,13H,4-7H2,1-3H3,(H,17,18)(H2,15,16,19)/t11-,13-/m1/s1. The molecule has 0 aliphatic carbocycles. The smallest absolute Gasteiger partial charge is 0.315 e. The van der Waals surface area contributed by atoms with Crippen LogP contribution in [0.4, 0.5) is 4.79 Å². The van der Waals surface area contributed by atoms with E-state index in [2.05, 4.69) is 34.7 Å². The van der Waals surface area contributed by atoms with Crippen molar-refractivity contribution in [3.05, 3.63) is 17.5 Å². The van der Waals surface area contributed by atoms with Crippen LogP contribution in [0.15, 0.2) is 6.20 Å². The van der Waals surface area contributed by atoms with Gasteiger partial charge in [0.2, 0.25) is 0 Å². The van der Waals surface area contributed by atoms with Crippen molar-refractivity contribution >= 4 is 6.03 Å². The number of H-pyrrole nitrogens is 1.